The highest BCUT2D eigenvalue weighted by Crippen LogP contribution is 2.22. The summed E-state index contributed by atoms with van der Waals surface area (Å²) in [5, 5.41) is 11.3. The number of nitrogens with one attached hydrogen (secondary N) is 3. The molecule has 8 heteroatoms. The minimum Gasteiger partial charge on any atom is -0.382 e. The van der Waals surface area contributed by atoms with Gasteiger partial charge in [0.05, 0.1) is 18.7 Å². The van der Waals surface area contributed by atoms with E-state index in [4.69, 9.17) is 9.72 Å². The summed E-state index contributed by atoms with van der Waals surface area (Å²) >= 11 is 0. The number of nitrogens with zero attached hydrogens (tertiary/aromatic N) is 3. The summed E-state index contributed by atoms with van der Waals surface area (Å²) in [6.45, 7) is 4.58. The Balaban J connectivity index is 1.27. The predicted molar refractivity (Wildman–Crippen MR) is 125 cm³/mol. The van der Waals surface area contributed by atoms with Crippen LogP contribution in [0.3, 0.4) is 0 Å². The number of piperidine rings is 1. The van der Waals surface area contributed by atoms with E-state index in [0.717, 1.165) is 48.2 Å². The Morgan fingerprint density at radius 2 is 1.78 bits per heavy atom. The second-order valence-corrected chi connectivity index (χ2v) is 8.24. The topological polar surface area (TPSA) is 91.4 Å². The first-order valence-corrected chi connectivity index (χ1v) is 11.2. The summed E-state index contributed by atoms with van der Waals surface area (Å²) < 4.78 is 5.32. The third-order valence-electron chi connectivity index (χ3n) is 5.98. The number of ether oxygens (including phenoxy) is 1. The lowest BCUT2D eigenvalue weighted by Crippen LogP contribution is -2.40. The number of hydrogen-bond acceptors (Lipinski definition) is 7. The Kier molecular flexibility index (Phi) is 6.13. The molecule has 1 amide bonds. The third-order valence-corrected chi connectivity index (χ3v) is 5.98. The zero-order valence-corrected chi connectivity index (χ0v) is 18.0. The molecule has 0 aliphatic carbocycles. The SMILES string of the molecule is O=C(c1ccc(Nc2ncc3ccc(NC4CCNCC4)cc3n2)cc1)N1CCOCC1. The summed E-state index contributed by atoms with van der Waals surface area (Å²) in [4.78, 5) is 23.6. The van der Waals surface area contributed by atoms with Crippen LogP contribution < -0.4 is 16.0 Å². The molecule has 1 aromatic heterocycles. The molecule has 2 saturated heterocycles. The van der Waals surface area contributed by atoms with Crippen molar-refractivity contribution in [2.45, 2.75) is 18.9 Å². The van der Waals surface area contributed by atoms with E-state index in [0.29, 0.717) is 43.9 Å². The largest absolute Gasteiger partial charge is 0.382 e. The maximum absolute atomic E-state index is 12.6. The van der Waals surface area contributed by atoms with Crippen molar-refractivity contribution >= 4 is 34.1 Å². The third kappa shape index (κ3) is 4.81. The maximum Gasteiger partial charge on any atom is 0.254 e. The van der Waals surface area contributed by atoms with Gasteiger partial charge in [0.2, 0.25) is 5.95 Å². The van der Waals surface area contributed by atoms with Gasteiger partial charge in [-0.05, 0) is 68.4 Å². The lowest BCUT2D eigenvalue weighted by Gasteiger charge is -2.26. The van der Waals surface area contributed by atoms with Gasteiger partial charge in [0.25, 0.3) is 5.91 Å². The van der Waals surface area contributed by atoms with Gasteiger partial charge in [-0.15, -0.1) is 0 Å². The molecule has 3 N–H and O–H groups in total. The number of aromatic nitrogens is 2. The fourth-order valence-corrected chi connectivity index (χ4v) is 4.15. The quantitative estimate of drug-likeness (QED) is 0.571. The van der Waals surface area contributed by atoms with Crippen LogP contribution in [0.1, 0.15) is 23.2 Å². The first-order chi connectivity index (χ1) is 15.7. The highest BCUT2D eigenvalue weighted by molar-refractivity contribution is 5.94. The summed E-state index contributed by atoms with van der Waals surface area (Å²) in [5.74, 6) is 0.569. The van der Waals surface area contributed by atoms with Crippen molar-refractivity contribution in [2.75, 3.05) is 50.0 Å². The molecule has 3 heterocycles. The van der Waals surface area contributed by atoms with Crippen LogP contribution in [-0.4, -0.2) is 66.2 Å². The number of anilines is 3. The fourth-order valence-electron chi connectivity index (χ4n) is 4.15. The molecule has 3 aromatic rings. The molecular formula is C24H28N6O2. The molecule has 5 rings (SSSR count). The zero-order valence-electron chi connectivity index (χ0n) is 18.0. The molecule has 2 aromatic carbocycles. The van der Waals surface area contributed by atoms with Crippen molar-refractivity contribution in [3.8, 4) is 0 Å². The Bertz CT molecular complexity index is 1080. The Morgan fingerprint density at radius 3 is 2.56 bits per heavy atom. The number of morpholine rings is 1. The highest BCUT2D eigenvalue weighted by atomic mass is 16.5. The monoisotopic (exact) mass is 432 g/mol. The molecule has 2 fully saturated rings. The van der Waals surface area contributed by atoms with Crippen molar-refractivity contribution in [1.82, 2.24) is 20.2 Å². The van der Waals surface area contributed by atoms with Crippen LogP contribution in [0.5, 0.6) is 0 Å². The van der Waals surface area contributed by atoms with Gasteiger partial charge in [0, 0.05) is 47.7 Å². The number of rotatable bonds is 5. The molecule has 8 nitrogen and oxygen atoms in total. The molecule has 2 aliphatic rings. The van der Waals surface area contributed by atoms with Gasteiger partial charge in [0.1, 0.15) is 0 Å². The normalized spacial score (nSPS) is 17.3. The minimum absolute atomic E-state index is 0.0376. The van der Waals surface area contributed by atoms with Gasteiger partial charge >= 0.3 is 0 Å². The van der Waals surface area contributed by atoms with Crippen molar-refractivity contribution < 1.29 is 9.53 Å². The Morgan fingerprint density at radius 1 is 1.03 bits per heavy atom. The molecule has 0 spiro atoms. The van der Waals surface area contributed by atoms with Crippen molar-refractivity contribution in [3.63, 3.8) is 0 Å². The number of amides is 1. The first-order valence-electron chi connectivity index (χ1n) is 11.2. The summed E-state index contributed by atoms with van der Waals surface area (Å²) in [6.07, 6.45) is 4.08. The number of hydrogen-bond donors (Lipinski definition) is 3. The molecule has 0 saturated carbocycles. The summed E-state index contributed by atoms with van der Waals surface area (Å²) in [7, 11) is 0. The van der Waals surface area contributed by atoms with Gasteiger partial charge in [0.15, 0.2) is 0 Å². The zero-order chi connectivity index (χ0) is 21.8. The van der Waals surface area contributed by atoms with Gasteiger partial charge in [-0.3, -0.25) is 4.79 Å². The van der Waals surface area contributed by atoms with E-state index in [2.05, 4.69) is 39.1 Å². The van der Waals surface area contributed by atoms with Crippen LogP contribution in [-0.2, 0) is 4.74 Å². The van der Waals surface area contributed by atoms with Crippen LogP contribution >= 0.6 is 0 Å². The minimum atomic E-state index is 0.0376. The van der Waals surface area contributed by atoms with E-state index < -0.39 is 0 Å². The standard InChI is InChI=1S/C24H28N6O2/c31-23(30-11-13-32-14-12-30)17-1-4-19(5-2-17)28-24-26-16-18-3-6-21(15-22(18)29-24)27-20-7-9-25-10-8-20/h1-6,15-16,20,25,27H,7-14H2,(H,26,28,29). The molecule has 0 bridgehead atoms. The number of benzene rings is 2. The molecule has 0 atom stereocenters. The maximum atomic E-state index is 12.6. The van der Waals surface area contributed by atoms with Crippen molar-refractivity contribution in [2.24, 2.45) is 0 Å². The van der Waals surface area contributed by atoms with E-state index in [1.807, 2.05) is 35.4 Å². The average Bonchev–Trinajstić information content (AvgIpc) is 2.85. The predicted octanol–water partition coefficient (Wildman–Crippen LogP) is 3.01. The Labute approximate surface area is 187 Å². The van der Waals surface area contributed by atoms with Crippen molar-refractivity contribution in [3.05, 3.63) is 54.2 Å². The second kappa shape index (κ2) is 9.50. The molecular weight excluding hydrogens is 404 g/mol. The lowest BCUT2D eigenvalue weighted by molar-refractivity contribution is 0.0303. The van der Waals surface area contributed by atoms with Crippen LogP contribution in [0.2, 0.25) is 0 Å². The van der Waals surface area contributed by atoms with Crippen LogP contribution in [0, 0.1) is 0 Å². The van der Waals surface area contributed by atoms with Gasteiger partial charge in [-0.1, -0.05) is 0 Å². The smallest absolute Gasteiger partial charge is 0.254 e. The highest BCUT2D eigenvalue weighted by Gasteiger charge is 2.18. The molecule has 0 radical (unpaired) electrons. The molecule has 32 heavy (non-hydrogen) atoms. The van der Waals surface area contributed by atoms with E-state index in [-0.39, 0.29) is 5.91 Å². The van der Waals surface area contributed by atoms with Crippen molar-refractivity contribution in [1.29, 1.82) is 0 Å². The van der Waals surface area contributed by atoms with E-state index >= 15 is 0 Å². The van der Waals surface area contributed by atoms with E-state index in [1.54, 1.807) is 0 Å². The van der Waals surface area contributed by atoms with Gasteiger partial charge in [-0.2, -0.15) is 0 Å². The number of fused-ring (bicyclic) bond motifs is 1. The van der Waals surface area contributed by atoms with Gasteiger partial charge in [-0.25, -0.2) is 9.97 Å². The molecule has 0 unspecified atom stereocenters. The first kappa shape index (κ1) is 20.7. The Hall–Kier alpha value is -3.23. The average molecular weight is 433 g/mol. The summed E-state index contributed by atoms with van der Waals surface area (Å²) in [5.41, 5.74) is 3.48. The summed E-state index contributed by atoms with van der Waals surface area (Å²) in [6, 6.07) is 14.2. The van der Waals surface area contributed by atoms with Crippen LogP contribution in [0.15, 0.2) is 48.7 Å². The van der Waals surface area contributed by atoms with E-state index in [1.165, 1.54) is 0 Å². The van der Waals surface area contributed by atoms with Crippen LogP contribution in [0.25, 0.3) is 10.9 Å². The lowest BCUT2D eigenvalue weighted by atomic mass is 10.1. The molecule has 2 aliphatic heterocycles. The molecule has 166 valence electrons. The van der Waals surface area contributed by atoms with E-state index in [9.17, 15) is 4.79 Å². The van der Waals surface area contributed by atoms with Gasteiger partial charge < -0.3 is 25.6 Å². The number of carbonyl (C=O) groups is 1. The second-order valence-electron chi connectivity index (χ2n) is 8.24. The fraction of sp³-hybridized carbons (Fsp3) is 0.375. The number of carbonyl (C=O) groups excluding carboxylic acids is 1. The van der Waals surface area contributed by atoms with Crippen LogP contribution in [0.4, 0.5) is 17.3 Å².